The smallest absolute Gasteiger partial charge is 0.327 e. The molecule has 0 heterocycles. The fourth-order valence-corrected chi connectivity index (χ4v) is 2.13. The van der Waals surface area contributed by atoms with E-state index in [1.807, 2.05) is 0 Å². The fourth-order valence-electron chi connectivity index (χ4n) is 2.13. The van der Waals surface area contributed by atoms with Gasteiger partial charge in [-0.25, -0.2) is 4.79 Å². The average Bonchev–Trinajstić information content (AvgIpc) is 2.98. The molecule has 0 fully saturated rings. The number of aliphatic hydroxyl groups is 4. The monoisotopic (exact) mass is 620 g/mol. The second-order valence-electron chi connectivity index (χ2n) is 8.06. The average molecular weight is 621 g/mol. The fraction of sp³-hybridized carbons (Fsp3) is 0.889. The van der Waals surface area contributed by atoms with E-state index < -0.39 is 12.1 Å². The summed E-state index contributed by atoms with van der Waals surface area (Å²) in [7, 11) is 0. The number of rotatable bonds is 30. The summed E-state index contributed by atoms with van der Waals surface area (Å²) < 4.78 is 47.1. The van der Waals surface area contributed by atoms with Crippen molar-refractivity contribution in [3.05, 3.63) is 12.7 Å². The van der Waals surface area contributed by atoms with E-state index in [0.717, 1.165) is 6.08 Å². The second kappa shape index (κ2) is 41.8. The quantitative estimate of drug-likeness (QED) is 0.0489. The Balaban J connectivity index is -0.000000889. The van der Waals surface area contributed by atoms with Crippen LogP contribution < -0.4 is 0 Å². The molecule has 254 valence electrons. The first-order chi connectivity index (χ1) is 20.3. The van der Waals surface area contributed by atoms with E-state index in [1.165, 1.54) is 0 Å². The molecule has 0 amide bonds. The first-order valence-electron chi connectivity index (χ1n) is 13.9. The first kappa shape index (κ1) is 45.1. The third-order valence-electron chi connectivity index (χ3n) is 4.13. The first-order valence-corrected chi connectivity index (χ1v) is 13.9. The Bertz CT molecular complexity index is 486. The highest BCUT2D eigenvalue weighted by molar-refractivity contribution is 5.78. The van der Waals surface area contributed by atoms with Crippen LogP contribution in [0.3, 0.4) is 0 Å². The number of ether oxygens (including phenoxy) is 9. The lowest BCUT2D eigenvalue weighted by Crippen LogP contribution is -2.19. The molecular weight excluding hydrogens is 564 g/mol. The molecule has 0 rings (SSSR count). The number of carboxylic acid groups (broad SMARTS) is 1. The highest BCUT2D eigenvalue weighted by Crippen LogP contribution is 1.90. The molecule has 0 radical (unpaired) electrons. The number of aliphatic carboxylic acids is 1. The topological polar surface area (TPSA) is 201 Å². The normalized spacial score (nSPS) is 12.0. The molecule has 42 heavy (non-hydrogen) atoms. The van der Waals surface area contributed by atoms with Gasteiger partial charge in [0.05, 0.1) is 144 Å². The van der Waals surface area contributed by atoms with Crippen LogP contribution in [0.4, 0.5) is 0 Å². The summed E-state index contributed by atoms with van der Waals surface area (Å²) in [6, 6.07) is 0. The summed E-state index contributed by atoms with van der Waals surface area (Å²) >= 11 is 0. The van der Waals surface area contributed by atoms with E-state index >= 15 is 0 Å². The number of carbonyl (C=O) groups is 1. The van der Waals surface area contributed by atoms with Crippen LogP contribution in [-0.4, -0.2) is 176 Å². The minimum absolute atomic E-state index is 0.00667. The predicted octanol–water partition coefficient (Wildman–Crippen LogP) is -0.875. The van der Waals surface area contributed by atoms with Gasteiger partial charge in [-0.2, -0.15) is 0 Å². The summed E-state index contributed by atoms with van der Waals surface area (Å²) in [5.41, 5.74) is 0. The molecule has 0 aliphatic carbocycles. The van der Waals surface area contributed by atoms with Crippen LogP contribution in [0.5, 0.6) is 0 Å². The van der Waals surface area contributed by atoms with Gasteiger partial charge in [0, 0.05) is 6.08 Å². The van der Waals surface area contributed by atoms with Crippen LogP contribution in [-0.2, 0) is 47.4 Å². The molecule has 0 aromatic carbocycles. The molecule has 15 heteroatoms. The molecule has 0 saturated heterocycles. The Morgan fingerprint density at radius 2 is 0.833 bits per heavy atom. The molecule has 15 nitrogen and oxygen atoms in total. The van der Waals surface area contributed by atoms with Crippen molar-refractivity contribution in [3.8, 4) is 0 Å². The van der Waals surface area contributed by atoms with Crippen LogP contribution in [0.2, 0.25) is 0 Å². The maximum Gasteiger partial charge on any atom is 0.327 e. The van der Waals surface area contributed by atoms with Crippen LogP contribution in [0.15, 0.2) is 12.7 Å². The molecule has 0 aliphatic heterocycles. The number of aliphatic hydroxyl groups excluding tert-OH is 4. The van der Waals surface area contributed by atoms with Crippen molar-refractivity contribution in [3.63, 3.8) is 0 Å². The summed E-state index contributed by atoms with van der Waals surface area (Å²) in [5.74, 6) is -0.981. The second-order valence-corrected chi connectivity index (χ2v) is 8.06. The van der Waals surface area contributed by atoms with Crippen molar-refractivity contribution < 1.29 is 73.0 Å². The molecule has 0 aliphatic rings. The number of carboxylic acids is 1. The van der Waals surface area contributed by atoms with Crippen LogP contribution in [0.25, 0.3) is 0 Å². The molecule has 0 aromatic heterocycles. The van der Waals surface area contributed by atoms with E-state index in [0.29, 0.717) is 112 Å². The lowest BCUT2D eigenvalue weighted by atomic mass is 10.4. The minimum atomic E-state index is -0.981. The van der Waals surface area contributed by atoms with Gasteiger partial charge in [0.25, 0.3) is 0 Å². The van der Waals surface area contributed by atoms with E-state index in [4.69, 9.17) is 68.2 Å². The number of hydrogen-bond acceptors (Lipinski definition) is 14. The Morgan fingerprint density at radius 1 is 0.595 bits per heavy atom. The standard InChI is InChI=1S/C18H38O10.C6H14O3.C3H4O2/c19-1-3-21-5-7-23-9-11-25-13-15-27-17-18-28-16-14-26-12-10-24-8-6-22-4-2-20;1-5(8)4-9-6(2)3-7;1-2-3(4)5/h19-20H,1-18H2;5-8H,3-4H2,1-2H3;2H,1H2,(H,4,5). The Labute approximate surface area is 250 Å². The van der Waals surface area contributed by atoms with Gasteiger partial charge < -0.3 is 68.2 Å². The van der Waals surface area contributed by atoms with Crippen molar-refractivity contribution in [1.82, 2.24) is 0 Å². The van der Waals surface area contributed by atoms with E-state index in [2.05, 4.69) is 6.58 Å². The molecular formula is C27H56O15. The zero-order valence-corrected chi connectivity index (χ0v) is 25.4. The Hall–Kier alpha value is -1.31. The van der Waals surface area contributed by atoms with E-state index in [9.17, 15) is 4.79 Å². The molecule has 2 atom stereocenters. The maximum atomic E-state index is 9.25. The van der Waals surface area contributed by atoms with Gasteiger partial charge in [0.2, 0.25) is 0 Å². The minimum Gasteiger partial charge on any atom is -0.478 e. The summed E-state index contributed by atoms with van der Waals surface area (Å²) in [6.45, 7) is 14.4. The van der Waals surface area contributed by atoms with Gasteiger partial charge in [0.1, 0.15) is 0 Å². The van der Waals surface area contributed by atoms with Crippen LogP contribution >= 0.6 is 0 Å². The summed E-state index contributed by atoms with van der Waals surface area (Å²) in [4.78, 5) is 9.25. The van der Waals surface area contributed by atoms with Gasteiger partial charge in [-0.15, -0.1) is 0 Å². The predicted molar refractivity (Wildman–Crippen MR) is 153 cm³/mol. The van der Waals surface area contributed by atoms with Crippen LogP contribution in [0, 0.1) is 0 Å². The van der Waals surface area contributed by atoms with Gasteiger partial charge in [0.15, 0.2) is 0 Å². The van der Waals surface area contributed by atoms with Gasteiger partial charge in [-0.1, -0.05) is 6.58 Å². The lowest BCUT2D eigenvalue weighted by molar-refractivity contribution is -0.131. The summed E-state index contributed by atoms with van der Waals surface area (Å²) in [5, 5.41) is 41.8. The third kappa shape index (κ3) is 51.4. The Kier molecular flexibility index (Phi) is 44.9. The maximum absolute atomic E-state index is 9.25. The molecule has 0 saturated carbocycles. The molecule has 0 spiro atoms. The van der Waals surface area contributed by atoms with Crippen molar-refractivity contribution in [2.24, 2.45) is 0 Å². The Morgan fingerprint density at radius 3 is 1.00 bits per heavy atom. The molecule has 0 bridgehead atoms. The zero-order valence-electron chi connectivity index (χ0n) is 25.4. The van der Waals surface area contributed by atoms with Gasteiger partial charge in [-0.3, -0.25) is 0 Å². The van der Waals surface area contributed by atoms with Gasteiger partial charge in [-0.05, 0) is 13.8 Å². The molecule has 0 aromatic rings. The zero-order chi connectivity index (χ0) is 31.9. The largest absolute Gasteiger partial charge is 0.478 e. The molecule has 2 unspecified atom stereocenters. The van der Waals surface area contributed by atoms with E-state index in [-0.39, 0.29) is 25.9 Å². The SMILES string of the molecule is C=CC(=O)O.CC(O)COC(C)CO.OCCOCCOCCOCCOCCOCCOCCOCCOCCO. The third-order valence-corrected chi connectivity index (χ3v) is 4.13. The van der Waals surface area contributed by atoms with Crippen molar-refractivity contribution in [2.45, 2.75) is 26.1 Å². The van der Waals surface area contributed by atoms with Crippen molar-refractivity contribution in [1.29, 1.82) is 0 Å². The van der Waals surface area contributed by atoms with Crippen molar-refractivity contribution >= 4 is 5.97 Å². The summed E-state index contributed by atoms with van der Waals surface area (Å²) in [6.07, 6.45) is 0.221. The lowest BCUT2D eigenvalue weighted by Gasteiger charge is -2.10. The van der Waals surface area contributed by atoms with Gasteiger partial charge >= 0.3 is 5.97 Å². The highest BCUT2D eigenvalue weighted by atomic mass is 16.6. The van der Waals surface area contributed by atoms with Crippen LogP contribution in [0.1, 0.15) is 13.8 Å². The number of hydrogen-bond donors (Lipinski definition) is 5. The highest BCUT2D eigenvalue weighted by Gasteiger charge is 2.01. The molecule has 5 N–H and O–H groups in total. The van der Waals surface area contributed by atoms with E-state index in [1.54, 1.807) is 13.8 Å². The van der Waals surface area contributed by atoms with Crippen molar-refractivity contribution in [2.75, 3.05) is 132 Å².